The van der Waals surface area contributed by atoms with Crippen molar-refractivity contribution in [3.63, 3.8) is 0 Å². The first kappa shape index (κ1) is 14.0. The third-order valence-corrected chi connectivity index (χ3v) is 3.88. The van der Waals surface area contributed by atoms with E-state index in [-0.39, 0.29) is 0 Å². The molecule has 0 bridgehead atoms. The van der Waals surface area contributed by atoms with Gasteiger partial charge in [0.25, 0.3) is 0 Å². The molecule has 1 aliphatic rings. The molecule has 1 unspecified atom stereocenters. The van der Waals surface area contributed by atoms with Crippen molar-refractivity contribution in [1.29, 1.82) is 0 Å². The lowest BCUT2D eigenvalue weighted by Crippen LogP contribution is -2.39. The van der Waals surface area contributed by atoms with Gasteiger partial charge < -0.3 is 10.6 Å². The summed E-state index contributed by atoms with van der Waals surface area (Å²) in [4.78, 5) is 2.67. The van der Waals surface area contributed by atoms with E-state index in [0.29, 0.717) is 5.92 Å². The van der Waals surface area contributed by atoms with E-state index >= 15 is 0 Å². The Morgan fingerprint density at radius 3 is 2.31 bits per heavy atom. The molecular formula is C14H30N2. The molecule has 0 aromatic rings. The zero-order valence-electron chi connectivity index (χ0n) is 11.4. The second kappa shape index (κ2) is 7.29. The van der Waals surface area contributed by atoms with Gasteiger partial charge in [0, 0.05) is 12.6 Å². The first-order valence-electron chi connectivity index (χ1n) is 7.11. The van der Waals surface area contributed by atoms with E-state index in [1.165, 1.54) is 45.2 Å². The first-order chi connectivity index (χ1) is 7.67. The third kappa shape index (κ3) is 4.42. The van der Waals surface area contributed by atoms with Gasteiger partial charge in [-0.25, -0.2) is 0 Å². The predicted octanol–water partition coefficient (Wildman–Crippen LogP) is 2.87. The van der Waals surface area contributed by atoms with E-state index < -0.39 is 0 Å². The van der Waals surface area contributed by atoms with Crippen LogP contribution in [0.15, 0.2) is 0 Å². The van der Waals surface area contributed by atoms with Crippen LogP contribution in [0.3, 0.4) is 0 Å². The normalized spacial score (nSPS) is 19.9. The quantitative estimate of drug-likeness (QED) is 0.723. The fourth-order valence-corrected chi connectivity index (χ4v) is 3.05. The molecule has 1 saturated carbocycles. The Balaban J connectivity index is 2.39. The lowest BCUT2D eigenvalue weighted by molar-refractivity contribution is 0.168. The Morgan fingerprint density at radius 2 is 1.88 bits per heavy atom. The second-order valence-corrected chi connectivity index (χ2v) is 5.76. The fourth-order valence-electron chi connectivity index (χ4n) is 3.05. The van der Waals surface area contributed by atoms with E-state index in [1.807, 2.05) is 0 Å². The molecule has 0 radical (unpaired) electrons. The summed E-state index contributed by atoms with van der Waals surface area (Å²) < 4.78 is 0. The number of nitrogens with zero attached hydrogens (tertiary/aromatic N) is 1. The largest absolute Gasteiger partial charge is 0.330 e. The highest BCUT2D eigenvalue weighted by Gasteiger charge is 2.23. The first-order valence-corrected chi connectivity index (χ1v) is 7.11. The Hall–Kier alpha value is -0.0800. The van der Waals surface area contributed by atoms with Crippen LogP contribution in [-0.2, 0) is 0 Å². The number of rotatable bonds is 7. The molecule has 1 rings (SSSR count). The maximum absolute atomic E-state index is 5.90. The summed E-state index contributed by atoms with van der Waals surface area (Å²) in [7, 11) is 0. The molecule has 0 saturated heterocycles. The molecule has 96 valence electrons. The summed E-state index contributed by atoms with van der Waals surface area (Å²) in [6.07, 6.45) is 6.95. The molecule has 1 atom stereocenters. The fraction of sp³-hybridized carbons (Fsp3) is 1.00. The Labute approximate surface area is 102 Å². The van der Waals surface area contributed by atoms with Gasteiger partial charge in [-0.15, -0.1) is 0 Å². The number of hydrogen-bond acceptors (Lipinski definition) is 2. The lowest BCUT2D eigenvalue weighted by atomic mass is 9.96. The minimum Gasteiger partial charge on any atom is -0.330 e. The molecule has 2 N–H and O–H groups in total. The molecule has 0 heterocycles. The summed E-state index contributed by atoms with van der Waals surface area (Å²) in [5.41, 5.74) is 5.90. The average molecular weight is 226 g/mol. The summed E-state index contributed by atoms with van der Waals surface area (Å²) in [5, 5.41) is 0. The van der Waals surface area contributed by atoms with Crippen LogP contribution < -0.4 is 5.73 Å². The van der Waals surface area contributed by atoms with Crippen molar-refractivity contribution in [2.45, 2.75) is 58.9 Å². The Bertz CT molecular complexity index is 174. The Kier molecular flexibility index (Phi) is 6.37. The minimum absolute atomic E-state index is 0.695. The molecular weight excluding hydrogens is 196 g/mol. The number of nitrogens with two attached hydrogens (primary N) is 1. The van der Waals surface area contributed by atoms with Crippen molar-refractivity contribution in [2.75, 3.05) is 19.6 Å². The van der Waals surface area contributed by atoms with E-state index in [9.17, 15) is 0 Å². The minimum atomic E-state index is 0.695. The highest BCUT2D eigenvalue weighted by atomic mass is 15.2. The van der Waals surface area contributed by atoms with Crippen molar-refractivity contribution in [3.8, 4) is 0 Å². The van der Waals surface area contributed by atoms with Crippen molar-refractivity contribution >= 4 is 0 Å². The maximum Gasteiger partial charge on any atom is 0.00952 e. The second-order valence-electron chi connectivity index (χ2n) is 5.76. The van der Waals surface area contributed by atoms with E-state index in [2.05, 4.69) is 25.7 Å². The zero-order valence-corrected chi connectivity index (χ0v) is 11.4. The van der Waals surface area contributed by atoms with Crippen LogP contribution in [0.4, 0.5) is 0 Å². The summed E-state index contributed by atoms with van der Waals surface area (Å²) in [6, 6.07) is 0.853. The average Bonchev–Trinajstić information content (AvgIpc) is 2.76. The van der Waals surface area contributed by atoms with Gasteiger partial charge in [-0.1, -0.05) is 33.6 Å². The van der Waals surface area contributed by atoms with Crippen molar-refractivity contribution in [3.05, 3.63) is 0 Å². The van der Waals surface area contributed by atoms with E-state index in [1.54, 1.807) is 0 Å². The molecule has 1 fully saturated rings. The highest BCUT2D eigenvalue weighted by Crippen LogP contribution is 2.24. The van der Waals surface area contributed by atoms with Gasteiger partial charge >= 0.3 is 0 Å². The predicted molar refractivity (Wildman–Crippen MR) is 71.5 cm³/mol. The topological polar surface area (TPSA) is 29.3 Å². The monoisotopic (exact) mass is 226 g/mol. The molecule has 0 aromatic carbocycles. The van der Waals surface area contributed by atoms with Crippen LogP contribution in [0.25, 0.3) is 0 Å². The number of hydrogen-bond donors (Lipinski definition) is 1. The van der Waals surface area contributed by atoms with Crippen molar-refractivity contribution in [2.24, 2.45) is 17.6 Å². The third-order valence-electron chi connectivity index (χ3n) is 3.88. The smallest absolute Gasteiger partial charge is 0.00952 e. The summed E-state index contributed by atoms with van der Waals surface area (Å²) >= 11 is 0. The van der Waals surface area contributed by atoms with Crippen molar-refractivity contribution in [1.82, 2.24) is 4.90 Å². The van der Waals surface area contributed by atoms with Crippen LogP contribution >= 0.6 is 0 Å². The van der Waals surface area contributed by atoms with Gasteiger partial charge in [0.15, 0.2) is 0 Å². The lowest BCUT2D eigenvalue weighted by Gasteiger charge is -2.31. The molecule has 0 amide bonds. The summed E-state index contributed by atoms with van der Waals surface area (Å²) in [6.45, 7) is 10.2. The van der Waals surface area contributed by atoms with Gasteiger partial charge in [-0.3, -0.25) is 0 Å². The van der Waals surface area contributed by atoms with Gasteiger partial charge in [-0.05, 0) is 44.2 Å². The standard InChI is InChI=1S/C14H30N2/c1-4-16(14-7-5-6-8-14)11-13(10-15)9-12(2)3/h12-14H,4-11,15H2,1-3H3. The highest BCUT2D eigenvalue weighted by molar-refractivity contribution is 4.79. The molecule has 0 spiro atoms. The van der Waals surface area contributed by atoms with Gasteiger partial charge in [0.1, 0.15) is 0 Å². The summed E-state index contributed by atoms with van der Waals surface area (Å²) in [5.74, 6) is 1.47. The molecule has 2 nitrogen and oxygen atoms in total. The van der Waals surface area contributed by atoms with Crippen LogP contribution in [0, 0.1) is 11.8 Å². The van der Waals surface area contributed by atoms with E-state index in [4.69, 9.17) is 5.73 Å². The molecule has 2 heteroatoms. The molecule has 1 aliphatic carbocycles. The zero-order chi connectivity index (χ0) is 12.0. The van der Waals surface area contributed by atoms with Gasteiger partial charge in [-0.2, -0.15) is 0 Å². The van der Waals surface area contributed by atoms with Gasteiger partial charge in [0.2, 0.25) is 0 Å². The van der Waals surface area contributed by atoms with Crippen LogP contribution in [0.2, 0.25) is 0 Å². The van der Waals surface area contributed by atoms with Gasteiger partial charge in [0.05, 0.1) is 0 Å². The van der Waals surface area contributed by atoms with Crippen molar-refractivity contribution < 1.29 is 0 Å². The molecule has 0 aromatic heterocycles. The Morgan fingerprint density at radius 1 is 1.25 bits per heavy atom. The maximum atomic E-state index is 5.90. The van der Waals surface area contributed by atoms with Crippen LogP contribution in [-0.4, -0.2) is 30.6 Å². The SMILES string of the molecule is CCN(CC(CN)CC(C)C)C1CCCC1. The van der Waals surface area contributed by atoms with E-state index in [0.717, 1.165) is 18.5 Å². The molecule has 16 heavy (non-hydrogen) atoms. The van der Waals surface area contributed by atoms with Crippen LogP contribution in [0.5, 0.6) is 0 Å². The molecule has 0 aliphatic heterocycles. The van der Waals surface area contributed by atoms with Crippen LogP contribution in [0.1, 0.15) is 52.9 Å².